The molecule has 2 atom stereocenters. The average Bonchev–Trinajstić information content (AvgIpc) is 3.08. The van der Waals surface area contributed by atoms with E-state index in [1.165, 1.54) is 6.07 Å². The zero-order chi connectivity index (χ0) is 18.1. The van der Waals surface area contributed by atoms with Gasteiger partial charge in [0.05, 0.1) is 11.1 Å². The van der Waals surface area contributed by atoms with Gasteiger partial charge in [-0.3, -0.25) is 9.80 Å². The molecule has 2 unspecified atom stereocenters. The Morgan fingerprint density at radius 3 is 2.96 bits per heavy atom. The summed E-state index contributed by atoms with van der Waals surface area (Å²) in [5.74, 6) is -0.130. The van der Waals surface area contributed by atoms with Crippen molar-refractivity contribution in [3.63, 3.8) is 0 Å². The SMILES string of the molecule is O=C(NC1=CNCCN1)C1=CNC2C=CC(c3cccc(F)c3Cl)NN12. The van der Waals surface area contributed by atoms with Crippen LogP contribution < -0.4 is 26.7 Å². The van der Waals surface area contributed by atoms with E-state index in [2.05, 4.69) is 26.7 Å². The lowest BCUT2D eigenvalue weighted by molar-refractivity contribution is -0.119. The molecule has 1 aromatic carbocycles. The second-order valence-electron chi connectivity index (χ2n) is 6.04. The van der Waals surface area contributed by atoms with Gasteiger partial charge in [-0.15, -0.1) is 0 Å². The van der Waals surface area contributed by atoms with Gasteiger partial charge in [0.1, 0.15) is 23.5 Å². The van der Waals surface area contributed by atoms with Gasteiger partial charge < -0.3 is 21.3 Å². The fraction of sp³-hybridized carbons (Fsp3) is 0.235. The minimum absolute atomic E-state index is 0.0675. The van der Waals surface area contributed by atoms with Crippen LogP contribution in [0.4, 0.5) is 4.39 Å². The van der Waals surface area contributed by atoms with Crippen molar-refractivity contribution in [3.8, 4) is 0 Å². The van der Waals surface area contributed by atoms with Crippen molar-refractivity contribution >= 4 is 17.5 Å². The highest BCUT2D eigenvalue weighted by Crippen LogP contribution is 2.30. The van der Waals surface area contributed by atoms with E-state index in [0.717, 1.165) is 13.1 Å². The second-order valence-corrected chi connectivity index (χ2v) is 6.42. The lowest BCUT2D eigenvalue weighted by Gasteiger charge is -2.35. The molecule has 3 aliphatic heterocycles. The lowest BCUT2D eigenvalue weighted by Crippen LogP contribution is -2.51. The first-order valence-corrected chi connectivity index (χ1v) is 8.64. The van der Waals surface area contributed by atoms with Crippen molar-refractivity contribution in [2.45, 2.75) is 12.2 Å². The first kappa shape index (κ1) is 16.7. The molecule has 7 nitrogen and oxygen atoms in total. The summed E-state index contributed by atoms with van der Waals surface area (Å²) in [5.41, 5.74) is 4.24. The number of amides is 1. The Morgan fingerprint density at radius 2 is 2.15 bits per heavy atom. The van der Waals surface area contributed by atoms with Gasteiger partial charge in [-0.25, -0.2) is 9.82 Å². The Bertz CT molecular complexity index is 823. The summed E-state index contributed by atoms with van der Waals surface area (Å²) >= 11 is 6.10. The molecule has 0 spiro atoms. The number of hydrogen-bond acceptors (Lipinski definition) is 6. The third-order valence-corrected chi connectivity index (χ3v) is 4.72. The van der Waals surface area contributed by atoms with E-state index in [0.29, 0.717) is 17.1 Å². The molecule has 0 fully saturated rings. The molecule has 0 bridgehead atoms. The minimum atomic E-state index is -0.475. The Morgan fingerprint density at radius 1 is 1.27 bits per heavy atom. The number of carbonyl (C=O) groups is 1. The van der Waals surface area contributed by atoms with Crippen molar-refractivity contribution in [3.05, 3.63) is 70.7 Å². The fourth-order valence-electron chi connectivity index (χ4n) is 3.03. The number of carbonyl (C=O) groups excluding carboxylic acids is 1. The van der Waals surface area contributed by atoms with Gasteiger partial charge in [-0.05, 0) is 17.7 Å². The van der Waals surface area contributed by atoms with E-state index in [9.17, 15) is 9.18 Å². The average molecular weight is 377 g/mol. The smallest absolute Gasteiger partial charge is 0.276 e. The van der Waals surface area contributed by atoms with Crippen LogP contribution in [0.3, 0.4) is 0 Å². The topological polar surface area (TPSA) is 80.5 Å². The normalized spacial score (nSPS) is 23.8. The van der Waals surface area contributed by atoms with Crippen LogP contribution in [0, 0.1) is 5.82 Å². The van der Waals surface area contributed by atoms with Gasteiger partial charge in [0.2, 0.25) is 0 Å². The molecule has 0 radical (unpaired) electrons. The van der Waals surface area contributed by atoms with Gasteiger partial charge in [-0.2, -0.15) is 0 Å². The summed E-state index contributed by atoms with van der Waals surface area (Å²) in [6.45, 7) is 1.54. The molecule has 1 amide bonds. The van der Waals surface area contributed by atoms with Crippen LogP contribution in [0.25, 0.3) is 0 Å². The van der Waals surface area contributed by atoms with E-state index in [1.54, 1.807) is 29.5 Å². The molecule has 4 rings (SSSR count). The Hall–Kier alpha value is -2.71. The summed E-state index contributed by atoms with van der Waals surface area (Å²) in [6.07, 6.45) is 6.95. The van der Waals surface area contributed by atoms with Crippen LogP contribution in [-0.4, -0.2) is 30.2 Å². The predicted molar refractivity (Wildman–Crippen MR) is 95.5 cm³/mol. The Kier molecular flexibility index (Phi) is 4.44. The second kappa shape index (κ2) is 6.89. The van der Waals surface area contributed by atoms with Gasteiger partial charge in [0, 0.05) is 25.5 Å². The van der Waals surface area contributed by atoms with Crippen LogP contribution in [0.5, 0.6) is 0 Å². The maximum atomic E-state index is 13.8. The van der Waals surface area contributed by atoms with Gasteiger partial charge >= 0.3 is 0 Å². The predicted octanol–water partition coefficient (Wildman–Crippen LogP) is 0.775. The third kappa shape index (κ3) is 3.09. The summed E-state index contributed by atoms with van der Waals surface area (Å²) in [7, 11) is 0. The number of benzene rings is 1. The molecule has 1 aromatic rings. The maximum absolute atomic E-state index is 13.8. The number of halogens is 2. The summed E-state index contributed by atoms with van der Waals surface area (Å²) < 4.78 is 13.8. The quantitative estimate of drug-likeness (QED) is 0.502. The summed E-state index contributed by atoms with van der Waals surface area (Å²) in [6, 6.07) is 4.33. The van der Waals surface area contributed by atoms with E-state index >= 15 is 0 Å². The number of hydrazine groups is 1. The zero-order valence-electron chi connectivity index (χ0n) is 13.7. The molecule has 5 N–H and O–H groups in total. The molecular weight excluding hydrogens is 359 g/mol. The van der Waals surface area contributed by atoms with E-state index in [1.807, 2.05) is 12.2 Å². The molecule has 0 saturated carbocycles. The molecule has 0 aliphatic carbocycles. The van der Waals surface area contributed by atoms with Gasteiger partial charge in [-0.1, -0.05) is 29.8 Å². The number of fused-ring (bicyclic) bond motifs is 1. The minimum Gasteiger partial charge on any atom is -0.386 e. The molecule has 136 valence electrons. The number of rotatable bonds is 3. The molecule has 3 aliphatic rings. The molecule has 26 heavy (non-hydrogen) atoms. The third-order valence-electron chi connectivity index (χ3n) is 4.32. The van der Waals surface area contributed by atoms with Gasteiger partial charge in [0.25, 0.3) is 5.91 Å². The molecular formula is C17H18ClFN6O. The first-order chi connectivity index (χ1) is 12.6. The maximum Gasteiger partial charge on any atom is 0.276 e. The summed E-state index contributed by atoms with van der Waals surface area (Å²) in [5, 5.41) is 13.9. The highest BCUT2D eigenvalue weighted by Gasteiger charge is 2.34. The Labute approximate surface area is 154 Å². The van der Waals surface area contributed by atoms with Crippen molar-refractivity contribution in [1.29, 1.82) is 0 Å². The molecule has 0 aromatic heterocycles. The van der Waals surface area contributed by atoms with Crippen molar-refractivity contribution < 1.29 is 9.18 Å². The van der Waals surface area contributed by atoms with E-state index in [-0.39, 0.29) is 23.1 Å². The zero-order valence-corrected chi connectivity index (χ0v) is 14.5. The van der Waals surface area contributed by atoms with Gasteiger partial charge in [0.15, 0.2) is 0 Å². The van der Waals surface area contributed by atoms with Crippen LogP contribution in [-0.2, 0) is 4.79 Å². The van der Waals surface area contributed by atoms with Crippen LogP contribution in [0.1, 0.15) is 11.6 Å². The number of hydrogen-bond donors (Lipinski definition) is 5. The highest BCUT2D eigenvalue weighted by atomic mass is 35.5. The molecule has 9 heteroatoms. The van der Waals surface area contributed by atoms with Crippen LogP contribution in [0.2, 0.25) is 5.02 Å². The lowest BCUT2D eigenvalue weighted by atomic mass is 10.0. The van der Waals surface area contributed by atoms with Crippen molar-refractivity contribution in [2.75, 3.05) is 13.1 Å². The first-order valence-electron chi connectivity index (χ1n) is 8.26. The monoisotopic (exact) mass is 376 g/mol. The largest absolute Gasteiger partial charge is 0.386 e. The Balaban J connectivity index is 1.51. The van der Waals surface area contributed by atoms with Crippen LogP contribution in [0.15, 0.2) is 54.3 Å². The van der Waals surface area contributed by atoms with E-state index < -0.39 is 5.82 Å². The number of nitrogens with zero attached hydrogens (tertiary/aromatic N) is 1. The number of nitrogens with one attached hydrogen (secondary N) is 5. The summed E-state index contributed by atoms with van der Waals surface area (Å²) in [4.78, 5) is 12.6. The van der Waals surface area contributed by atoms with Crippen LogP contribution >= 0.6 is 11.6 Å². The highest BCUT2D eigenvalue weighted by molar-refractivity contribution is 6.31. The molecule has 3 heterocycles. The van der Waals surface area contributed by atoms with E-state index in [4.69, 9.17) is 11.6 Å². The van der Waals surface area contributed by atoms with Crippen molar-refractivity contribution in [2.24, 2.45) is 0 Å². The van der Waals surface area contributed by atoms with Crippen molar-refractivity contribution in [1.82, 2.24) is 31.7 Å². The fourth-order valence-corrected chi connectivity index (χ4v) is 3.27. The molecule has 0 saturated heterocycles. The standard InChI is InChI=1S/C17H18ClFN6O/c18-16-10(2-1-3-11(16)19)12-4-5-15-22-8-13(25(15)24-12)17(26)23-14-9-20-6-7-21-14/h1-5,8-9,12,15,20-22,24H,6-7H2,(H,23,26).